The first kappa shape index (κ1) is 14.5. The zero-order valence-electron chi connectivity index (χ0n) is 11.4. The quantitative estimate of drug-likeness (QED) is 0.865. The molecule has 106 valence electrons. The van der Waals surface area contributed by atoms with Crippen LogP contribution in [0, 0.1) is 5.92 Å². The molecule has 19 heavy (non-hydrogen) atoms. The molecule has 0 spiro atoms. The van der Waals surface area contributed by atoms with Gasteiger partial charge in [-0.05, 0) is 41.2 Å². The number of rotatable bonds is 5. The maximum absolute atomic E-state index is 12.1. The molecule has 1 aliphatic rings. The normalized spacial score (nSPS) is 19.1. The summed E-state index contributed by atoms with van der Waals surface area (Å²) < 4.78 is 2.08. The number of hydrogen-bond acceptors (Lipinski definition) is 4. The number of aromatic nitrogens is 2. The molecule has 0 amide bonds. The van der Waals surface area contributed by atoms with Gasteiger partial charge in [0.25, 0.3) is 5.56 Å². The van der Waals surface area contributed by atoms with Crippen LogP contribution in [0.25, 0.3) is 0 Å². The van der Waals surface area contributed by atoms with Gasteiger partial charge in [0.2, 0.25) is 0 Å². The van der Waals surface area contributed by atoms with Gasteiger partial charge in [0.1, 0.15) is 4.47 Å². The third kappa shape index (κ3) is 3.79. The van der Waals surface area contributed by atoms with Gasteiger partial charge < -0.3 is 10.6 Å². The molecule has 0 saturated carbocycles. The highest BCUT2D eigenvalue weighted by Crippen LogP contribution is 2.17. The number of nitrogens with one attached hydrogen (secondary N) is 2. The fourth-order valence-electron chi connectivity index (χ4n) is 2.23. The fourth-order valence-corrected chi connectivity index (χ4v) is 2.68. The second-order valence-corrected chi connectivity index (χ2v) is 6.22. The maximum atomic E-state index is 12.1. The van der Waals surface area contributed by atoms with Crippen LogP contribution in [-0.2, 0) is 6.54 Å². The number of hydrogen-bond donors (Lipinski definition) is 2. The summed E-state index contributed by atoms with van der Waals surface area (Å²) >= 11 is 3.37. The van der Waals surface area contributed by atoms with E-state index in [2.05, 4.69) is 45.5 Å². The fraction of sp³-hybridized carbons (Fsp3) is 0.692. The average Bonchev–Trinajstić information content (AvgIpc) is 2.87. The van der Waals surface area contributed by atoms with Gasteiger partial charge in [-0.15, -0.1) is 0 Å². The van der Waals surface area contributed by atoms with E-state index < -0.39 is 0 Å². The minimum Gasteiger partial charge on any atom is -0.381 e. The van der Waals surface area contributed by atoms with Crippen LogP contribution in [0.5, 0.6) is 0 Å². The molecule has 2 N–H and O–H groups in total. The first-order chi connectivity index (χ1) is 9.08. The Bertz CT molecular complexity index is 480. The molecule has 0 radical (unpaired) electrons. The minimum absolute atomic E-state index is 0.0712. The van der Waals surface area contributed by atoms with Gasteiger partial charge in [-0.3, -0.25) is 4.79 Å². The zero-order chi connectivity index (χ0) is 13.8. The van der Waals surface area contributed by atoms with Crippen LogP contribution in [0.1, 0.15) is 26.7 Å². The van der Waals surface area contributed by atoms with E-state index in [4.69, 9.17) is 0 Å². The predicted octanol–water partition coefficient (Wildman–Crippen LogP) is 1.83. The van der Waals surface area contributed by atoms with E-state index in [9.17, 15) is 4.79 Å². The Morgan fingerprint density at radius 3 is 3.05 bits per heavy atom. The molecule has 1 saturated heterocycles. The van der Waals surface area contributed by atoms with E-state index >= 15 is 0 Å². The third-order valence-corrected chi connectivity index (χ3v) is 3.99. The molecule has 5 nitrogen and oxygen atoms in total. The molecule has 6 heteroatoms. The van der Waals surface area contributed by atoms with Crippen LogP contribution in [-0.4, -0.2) is 28.9 Å². The Balaban J connectivity index is 2.05. The molecular formula is C13H21BrN4O. The van der Waals surface area contributed by atoms with Crippen LogP contribution < -0.4 is 16.2 Å². The van der Waals surface area contributed by atoms with Gasteiger partial charge in [-0.25, -0.2) is 4.68 Å². The monoisotopic (exact) mass is 328 g/mol. The van der Waals surface area contributed by atoms with Crippen molar-refractivity contribution in [2.24, 2.45) is 5.92 Å². The van der Waals surface area contributed by atoms with Gasteiger partial charge in [0.05, 0.1) is 11.9 Å². The van der Waals surface area contributed by atoms with Crippen molar-refractivity contribution in [2.45, 2.75) is 39.3 Å². The molecule has 1 aromatic heterocycles. The highest BCUT2D eigenvalue weighted by Gasteiger charge is 2.15. The number of anilines is 1. The summed E-state index contributed by atoms with van der Waals surface area (Å²) in [5.41, 5.74) is 0.705. The van der Waals surface area contributed by atoms with Crippen molar-refractivity contribution in [3.05, 3.63) is 21.0 Å². The molecular weight excluding hydrogens is 308 g/mol. The second-order valence-electron chi connectivity index (χ2n) is 5.43. The molecule has 0 aromatic carbocycles. The largest absolute Gasteiger partial charge is 0.381 e. The van der Waals surface area contributed by atoms with E-state index in [1.807, 2.05) is 0 Å². The lowest BCUT2D eigenvalue weighted by Gasteiger charge is -2.14. The van der Waals surface area contributed by atoms with Crippen molar-refractivity contribution in [1.29, 1.82) is 0 Å². The van der Waals surface area contributed by atoms with Crippen molar-refractivity contribution in [3.63, 3.8) is 0 Å². The topological polar surface area (TPSA) is 59.0 Å². The van der Waals surface area contributed by atoms with Gasteiger partial charge in [-0.1, -0.05) is 13.8 Å². The summed E-state index contributed by atoms with van der Waals surface area (Å²) in [6, 6.07) is 0.491. The molecule has 0 aliphatic carbocycles. The Morgan fingerprint density at radius 1 is 1.63 bits per heavy atom. The van der Waals surface area contributed by atoms with E-state index in [1.54, 1.807) is 6.20 Å². The Kier molecular flexibility index (Phi) is 4.99. The van der Waals surface area contributed by atoms with Crippen molar-refractivity contribution >= 4 is 21.6 Å². The van der Waals surface area contributed by atoms with Crippen LogP contribution in [0.4, 0.5) is 5.69 Å². The average molecular weight is 329 g/mol. The first-order valence-corrected chi connectivity index (χ1v) is 7.60. The molecule has 1 unspecified atom stereocenters. The standard InChI is InChI=1S/C13H21BrN4O/c1-9(2)8-18-13(19)12(14)11(7-17-18)16-6-10-4-3-5-15-10/h7,9-10,15-16H,3-6,8H2,1-2H3. The highest BCUT2D eigenvalue weighted by molar-refractivity contribution is 9.10. The van der Waals surface area contributed by atoms with Crippen molar-refractivity contribution in [1.82, 2.24) is 15.1 Å². The second kappa shape index (κ2) is 6.52. The van der Waals surface area contributed by atoms with Crippen LogP contribution in [0.3, 0.4) is 0 Å². The molecule has 0 bridgehead atoms. The third-order valence-electron chi connectivity index (χ3n) is 3.22. The Labute approximate surface area is 121 Å². The summed E-state index contributed by atoms with van der Waals surface area (Å²) in [6.07, 6.45) is 4.13. The summed E-state index contributed by atoms with van der Waals surface area (Å²) in [5, 5.41) is 10.9. The van der Waals surface area contributed by atoms with Gasteiger partial charge >= 0.3 is 0 Å². The van der Waals surface area contributed by atoms with Crippen molar-refractivity contribution in [2.75, 3.05) is 18.4 Å². The Morgan fingerprint density at radius 2 is 2.42 bits per heavy atom. The lowest BCUT2D eigenvalue weighted by Crippen LogP contribution is -2.31. The molecule has 1 aromatic rings. The van der Waals surface area contributed by atoms with Crippen molar-refractivity contribution < 1.29 is 0 Å². The first-order valence-electron chi connectivity index (χ1n) is 6.81. The highest BCUT2D eigenvalue weighted by atomic mass is 79.9. The smallest absolute Gasteiger partial charge is 0.283 e. The summed E-state index contributed by atoms with van der Waals surface area (Å²) in [5.74, 6) is 0.401. The van der Waals surface area contributed by atoms with Gasteiger partial charge in [0.15, 0.2) is 0 Å². The van der Waals surface area contributed by atoms with Crippen LogP contribution in [0.15, 0.2) is 15.5 Å². The van der Waals surface area contributed by atoms with E-state index in [1.165, 1.54) is 17.5 Å². The maximum Gasteiger partial charge on any atom is 0.283 e. The number of nitrogens with zero attached hydrogens (tertiary/aromatic N) is 2. The zero-order valence-corrected chi connectivity index (χ0v) is 13.0. The lowest BCUT2D eigenvalue weighted by molar-refractivity contribution is 0.462. The molecule has 1 fully saturated rings. The minimum atomic E-state index is -0.0712. The van der Waals surface area contributed by atoms with E-state index in [0.717, 1.165) is 18.8 Å². The number of halogens is 1. The van der Waals surface area contributed by atoms with Crippen LogP contribution in [0.2, 0.25) is 0 Å². The summed E-state index contributed by atoms with van der Waals surface area (Å²) in [6.45, 7) is 6.69. The van der Waals surface area contributed by atoms with Crippen molar-refractivity contribution in [3.8, 4) is 0 Å². The SMILES string of the molecule is CC(C)Cn1ncc(NCC2CCCN2)c(Br)c1=O. The lowest BCUT2D eigenvalue weighted by atomic mass is 10.2. The van der Waals surface area contributed by atoms with Crippen LogP contribution >= 0.6 is 15.9 Å². The molecule has 2 rings (SSSR count). The Hall–Kier alpha value is -0.880. The molecule has 1 aliphatic heterocycles. The predicted molar refractivity (Wildman–Crippen MR) is 80.5 cm³/mol. The molecule has 1 atom stereocenters. The van der Waals surface area contributed by atoms with E-state index in [0.29, 0.717) is 23.0 Å². The molecule has 2 heterocycles. The summed E-state index contributed by atoms with van der Waals surface area (Å²) in [7, 11) is 0. The van der Waals surface area contributed by atoms with Gasteiger partial charge in [-0.2, -0.15) is 5.10 Å². The van der Waals surface area contributed by atoms with E-state index in [-0.39, 0.29) is 5.56 Å². The summed E-state index contributed by atoms with van der Waals surface area (Å²) in [4.78, 5) is 12.1. The van der Waals surface area contributed by atoms with Gasteiger partial charge in [0, 0.05) is 19.1 Å².